The summed E-state index contributed by atoms with van der Waals surface area (Å²) in [6.07, 6.45) is 4.46. The van der Waals surface area contributed by atoms with Gasteiger partial charge in [-0.1, -0.05) is 12.1 Å². The van der Waals surface area contributed by atoms with Crippen LogP contribution < -0.4 is 10.5 Å². The average Bonchev–Trinajstić information content (AvgIpc) is 2.42. The number of nitrogens with two attached hydrogens (primary N) is 1. The van der Waals surface area contributed by atoms with E-state index in [2.05, 4.69) is 37.1 Å². The second-order valence-corrected chi connectivity index (χ2v) is 5.71. The van der Waals surface area contributed by atoms with Gasteiger partial charge >= 0.3 is 0 Å². The first-order valence-electron chi connectivity index (χ1n) is 7.34. The smallest absolute Gasteiger partial charge is 0.122 e. The fourth-order valence-corrected chi connectivity index (χ4v) is 2.43. The van der Waals surface area contributed by atoms with Gasteiger partial charge in [-0.25, -0.2) is 0 Å². The van der Waals surface area contributed by atoms with Gasteiger partial charge in [0.25, 0.3) is 0 Å². The highest BCUT2D eigenvalue weighted by Crippen LogP contribution is 2.25. The molecule has 3 nitrogen and oxygen atoms in total. The van der Waals surface area contributed by atoms with Crippen LogP contribution in [0.5, 0.6) is 5.75 Å². The number of hydrogen-bond acceptors (Lipinski definition) is 3. The predicted octanol–water partition coefficient (Wildman–Crippen LogP) is 2.22. The summed E-state index contributed by atoms with van der Waals surface area (Å²) in [5.41, 5.74) is 8.57. The van der Waals surface area contributed by atoms with Gasteiger partial charge in [-0.3, -0.25) is 0 Å². The first-order valence-corrected chi connectivity index (χ1v) is 7.34. The molecule has 2 rings (SSSR count). The molecule has 2 N–H and O–H groups in total. The maximum Gasteiger partial charge on any atom is 0.122 e. The molecule has 1 aliphatic heterocycles. The number of ether oxygens (including phenoxy) is 1. The third-order valence-corrected chi connectivity index (χ3v) is 3.72. The lowest BCUT2D eigenvalue weighted by Crippen LogP contribution is -2.27. The Balaban J connectivity index is 1.82. The molecule has 0 aromatic heterocycles. The van der Waals surface area contributed by atoms with Gasteiger partial charge in [-0.2, -0.15) is 0 Å². The Labute approximate surface area is 116 Å². The molecule has 0 saturated carbocycles. The van der Waals surface area contributed by atoms with E-state index in [1.54, 1.807) is 0 Å². The standard InChI is InChI=1S/C16H26N2O/c1-13(17)7-9-18(2)10-8-14-5-6-16-15(12-14)4-3-11-19-16/h5-6,12-13H,3-4,7-11,17H2,1-2H3. The molecule has 1 aromatic carbocycles. The Morgan fingerprint density at radius 2 is 2.21 bits per heavy atom. The van der Waals surface area contributed by atoms with Gasteiger partial charge in [0.2, 0.25) is 0 Å². The highest BCUT2D eigenvalue weighted by atomic mass is 16.5. The van der Waals surface area contributed by atoms with E-state index in [1.165, 1.54) is 11.1 Å². The lowest BCUT2D eigenvalue weighted by atomic mass is 10.0. The van der Waals surface area contributed by atoms with Crippen LogP contribution in [0.15, 0.2) is 18.2 Å². The largest absolute Gasteiger partial charge is 0.493 e. The number of benzene rings is 1. The minimum Gasteiger partial charge on any atom is -0.493 e. The minimum atomic E-state index is 0.295. The van der Waals surface area contributed by atoms with Crippen LogP contribution >= 0.6 is 0 Å². The van der Waals surface area contributed by atoms with Crippen molar-refractivity contribution < 1.29 is 4.74 Å². The Morgan fingerprint density at radius 1 is 1.37 bits per heavy atom. The number of fused-ring (bicyclic) bond motifs is 1. The Bertz CT molecular complexity index is 404. The van der Waals surface area contributed by atoms with E-state index in [-0.39, 0.29) is 0 Å². The molecular formula is C16H26N2O. The minimum absolute atomic E-state index is 0.295. The third kappa shape index (κ3) is 4.51. The highest BCUT2D eigenvalue weighted by molar-refractivity contribution is 5.38. The summed E-state index contributed by atoms with van der Waals surface area (Å²) in [5, 5.41) is 0. The number of rotatable bonds is 6. The van der Waals surface area contributed by atoms with E-state index in [1.807, 2.05) is 0 Å². The number of aryl methyl sites for hydroxylation is 1. The molecule has 0 aliphatic carbocycles. The molecule has 0 bridgehead atoms. The molecule has 1 atom stereocenters. The normalized spacial score (nSPS) is 16.0. The molecular weight excluding hydrogens is 236 g/mol. The molecule has 0 fully saturated rings. The fraction of sp³-hybridized carbons (Fsp3) is 0.625. The zero-order valence-electron chi connectivity index (χ0n) is 12.2. The van der Waals surface area contributed by atoms with Crippen LogP contribution in [0.2, 0.25) is 0 Å². The van der Waals surface area contributed by atoms with Gasteiger partial charge in [0, 0.05) is 12.6 Å². The van der Waals surface area contributed by atoms with Crippen molar-refractivity contribution in [3.05, 3.63) is 29.3 Å². The van der Waals surface area contributed by atoms with E-state index in [0.29, 0.717) is 6.04 Å². The van der Waals surface area contributed by atoms with Crippen molar-refractivity contribution in [2.24, 2.45) is 5.73 Å². The molecule has 1 unspecified atom stereocenters. The molecule has 106 valence electrons. The van der Waals surface area contributed by atoms with Crippen LogP contribution in [-0.2, 0) is 12.8 Å². The SMILES string of the molecule is CC(N)CCN(C)CCc1ccc2c(c1)CCCO2. The van der Waals surface area contributed by atoms with E-state index < -0.39 is 0 Å². The lowest BCUT2D eigenvalue weighted by Gasteiger charge is -2.20. The Hall–Kier alpha value is -1.06. The van der Waals surface area contributed by atoms with Gasteiger partial charge in [0.15, 0.2) is 0 Å². The van der Waals surface area contributed by atoms with Crippen molar-refractivity contribution in [3.8, 4) is 5.75 Å². The number of nitrogens with zero attached hydrogens (tertiary/aromatic N) is 1. The summed E-state index contributed by atoms with van der Waals surface area (Å²) in [5.74, 6) is 1.08. The monoisotopic (exact) mass is 262 g/mol. The van der Waals surface area contributed by atoms with Crippen molar-refractivity contribution in [3.63, 3.8) is 0 Å². The summed E-state index contributed by atoms with van der Waals surface area (Å²) in [6.45, 7) is 5.10. The molecule has 0 spiro atoms. The van der Waals surface area contributed by atoms with Crippen molar-refractivity contribution in [2.75, 3.05) is 26.7 Å². The topological polar surface area (TPSA) is 38.5 Å². The van der Waals surface area contributed by atoms with Crippen LogP contribution in [0.1, 0.15) is 30.9 Å². The van der Waals surface area contributed by atoms with E-state index in [4.69, 9.17) is 10.5 Å². The average molecular weight is 262 g/mol. The highest BCUT2D eigenvalue weighted by Gasteiger charge is 2.10. The van der Waals surface area contributed by atoms with Gasteiger partial charge < -0.3 is 15.4 Å². The lowest BCUT2D eigenvalue weighted by molar-refractivity contribution is 0.288. The molecule has 1 aromatic rings. The van der Waals surface area contributed by atoms with Gasteiger partial charge in [-0.15, -0.1) is 0 Å². The van der Waals surface area contributed by atoms with Gasteiger partial charge in [-0.05, 0) is 63.4 Å². The van der Waals surface area contributed by atoms with Crippen molar-refractivity contribution >= 4 is 0 Å². The number of likely N-dealkylation sites (N-methyl/N-ethyl adjacent to an activating group) is 1. The summed E-state index contributed by atoms with van der Waals surface area (Å²) in [6, 6.07) is 6.94. The Kier molecular flexibility index (Phi) is 5.23. The maximum absolute atomic E-state index is 5.78. The van der Waals surface area contributed by atoms with E-state index >= 15 is 0 Å². The summed E-state index contributed by atoms with van der Waals surface area (Å²) < 4.78 is 5.64. The predicted molar refractivity (Wildman–Crippen MR) is 79.7 cm³/mol. The van der Waals surface area contributed by atoms with Crippen LogP contribution in [-0.4, -0.2) is 37.7 Å². The molecule has 1 heterocycles. The van der Waals surface area contributed by atoms with Crippen LogP contribution in [0.4, 0.5) is 0 Å². The summed E-state index contributed by atoms with van der Waals surface area (Å²) >= 11 is 0. The van der Waals surface area contributed by atoms with Crippen molar-refractivity contribution in [2.45, 2.75) is 38.6 Å². The summed E-state index contributed by atoms with van der Waals surface area (Å²) in [4.78, 5) is 2.36. The molecule has 3 heteroatoms. The molecule has 0 saturated heterocycles. The third-order valence-electron chi connectivity index (χ3n) is 3.72. The fourth-order valence-electron chi connectivity index (χ4n) is 2.43. The molecule has 0 amide bonds. The van der Waals surface area contributed by atoms with Crippen molar-refractivity contribution in [1.29, 1.82) is 0 Å². The van der Waals surface area contributed by atoms with Crippen LogP contribution in [0, 0.1) is 0 Å². The van der Waals surface area contributed by atoms with E-state index in [0.717, 1.165) is 51.1 Å². The number of hydrogen-bond donors (Lipinski definition) is 1. The van der Waals surface area contributed by atoms with Gasteiger partial charge in [0.1, 0.15) is 5.75 Å². The van der Waals surface area contributed by atoms with Crippen LogP contribution in [0.25, 0.3) is 0 Å². The summed E-state index contributed by atoms with van der Waals surface area (Å²) in [7, 11) is 2.17. The zero-order chi connectivity index (χ0) is 13.7. The first-order chi connectivity index (χ1) is 9.15. The second kappa shape index (κ2) is 6.92. The molecule has 0 radical (unpaired) electrons. The molecule has 19 heavy (non-hydrogen) atoms. The van der Waals surface area contributed by atoms with Gasteiger partial charge in [0.05, 0.1) is 6.61 Å². The quantitative estimate of drug-likeness (QED) is 0.854. The van der Waals surface area contributed by atoms with Crippen molar-refractivity contribution in [1.82, 2.24) is 4.90 Å². The second-order valence-electron chi connectivity index (χ2n) is 5.71. The Morgan fingerprint density at radius 3 is 3.00 bits per heavy atom. The zero-order valence-corrected chi connectivity index (χ0v) is 12.2. The molecule has 1 aliphatic rings. The van der Waals surface area contributed by atoms with E-state index in [9.17, 15) is 0 Å². The van der Waals surface area contributed by atoms with Crippen LogP contribution in [0.3, 0.4) is 0 Å². The first kappa shape index (κ1) is 14.4. The maximum atomic E-state index is 5.78.